The molecule has 0 radical (unpaired) electrons. The van der Waals surface area contributed by atoms with Crippen LogP contribution in [0.2, 0.25) is 0 Å². The maximum Gasteiger partial charge on any atom is 0.248 e. The molecule has 0 aliphatic heterocycles. The molecule has 156 valence electrons. The second kappa shape index (κ2) is 8.82. The number of methoxy groups -OCH3 is 1. The number of anilines is 1. The van der Waals surface area contributed by atoms with E-state index in [0.29, 0.717) is 5.75 Å². The molecule has 4 rings (SSSR count). The summed E-state index contributed by atoms with van der Waals surface area (Å²) in [6.07, 6.45) is 3.34. The van der Waals surface area contributed by atoms with Gasteiger partial charge in [-0.3, -0.25) is 4.79 Å². The summed E-state index contributed by atoms with van der Waals surface area (Å²) in [5, 5.41) is 3.89. The number of hydrogen-bond acceptors (Lipinski definition) is 3. The van der Waals surface area contributed by atoms with Gasteiger partial charge in [0.05, 0.1) is 13.4 Å². The van der Waals surface area contributed by atoms with Crippen molar-refractivity contribution in [2.24, 2.45) is 0 Å². The molecule has 31 heavy (non-hydrogen) atoms. The molecule has 1 amide bonds. The first-order chi connectivity index (χ1) is 15.0. The van der Waals surface area contributed by atoms with Crippen LogP contribution in [0.25, 0.3) is 27.7 Å². The average molecular weight is 476 g/mol. The lowest BCUT2D eigenvalue weighted by Crippen LogP contribution is -2.08. The molecule has 0 saturated heterocycles. The van der Waals surface area contributed by atoms with Crippen molar-refractivity contribution in [3.05, 3.63) is 88.6 Å². The Morgan fingerprint density at radius 2 is 1.87 bits per heavy atom. The number of carbonyl (C=O) groups excluding carboxylic acids is 1. The molecule has 4 aromatic rings. The summed E-state index contributed by atoms with van der Waals surface area (Å²) in [7, 11) is 1.61. The van der Waals surface area contributed by atoms with Crippen molar-refractivity contribution in [2.45, 2.75) is 13.8 Å². The quantitative estimate of drug-likeness (QED) is 0.310. The van der Waals surface area contributed by atoms with Crippen LogP contribution < -0.4 is 10.1 Å². The van der Waals surface area contributed by atoms with E-state index in [1.807, 2.05) is 74.5 Å². The van der Waals surface area contributed by atoms with E-state index in [0.717, 1.165) is 49.0 Å². The molecule has 0 saturated carbocycles. The first-order valence-corrected chi connectivity index (χ1v) is 10.7. The predicted molar refractivity (Wildman–Crippen MR) is 129 cm³/mol. The number of carbonyl (C=O) groups is 1. The van der Waals surface area contributed by atoms with Crippen LogP contribution in [-0.2, 0) is 4.79 Å². The normalized spacial score (nSPS) is 11.5. The van der Waals surface area contributed by atoms with Gasteiger partial charge in [-0.1, -0.05) is 46.3 Å². The molecule has 0 unspecified atom stereocenters. The molecule has 0 aliphatic rings. The second-order valence-electron chi connectivity index (χ2n) is 7.34. The number of furan rings is 1. The number of fused-ring (bicyclic) bond motifs is 1. The highest BCUT2D eigenvalue weighted by atomic mass is 79.9. The smallest absolute Gasteiger partial charge is 0.248 e. The number of benzene rings is 3. The van der Waals surface area contributed by atoms with E-state index in [-0.39, 0.29) is 5.91 Å². The Hall–Kier alpha value is -3.31. The third-order valence-electron chi connectivity index (χ3n) is 5.18. The number of aryl methyl sites for hydroxylation is 1. The third kappa shape index (κ3) is 4.42. The summed E-state index contributed by atoms with van der Waals surface area (Å²) in [5.41, 5.74) is 6.25. The van der Waals surface area contributed by atoms with Crippen LogP contribution >= 0.6 is 15.9 Å². The number of amides is 1. The van der Waals surface area contributed by atoms with Gasteiger partial charge < -0.3 is 14.5 Å². The molecule has 1 heterocycles. The Bertz CT molecular complexity index is 1290. The van der Waals surface area contributed by atoms with Crippen molar-refractivity contribution < 1.29 is 13.9 Å². The summed E-state index contributed by atoms with van der Waals surface area (Å²) < 4.78 is 12.4. The second-order valence-corrected chi connectivity index (χ2v) is 8.20. The molecule has 4 nitrogen and oxygen atoms in total. The predicted octanol–water partition coefficient (Wildman–Crippen LogP) is 7.22. The maximum atomic E-state index is 12.6. The Morgan fingerprint density at radius 3 is 2.58 bits per heavy atom. The zero-order chi connectivity index (χ0) is 22.0. The van der Waals surface area contributed by atoms with Gasteiger partial charge in [0, 0.05) is 38.8 Å². The number of rotatable bonds is 5. The minimum atomic E-state index is -0.197. The van der Waals surface area contributed by atoms with Gasteiger partial charge >= 0.3 is 0 Å². The zero-order valence-electron chi connectivity index (χ0n) is 17.5. The van der Waals surface area contributed by atoms with E-state index in [2.05, 4.69) is 21.2 Å². The molecule has 5 heteroatoms. The molecule has 3 aromatic carbocycles. The van der Waals surface area contributed by atoms with E-state index in [1.54, 1.807) is 19.4 Å². The van der Waals surface area contributed by atoms with Gasteiger partial charge in [-0.2, -0.15) is 0 Å². The minimum Gasteiger partial charge on any atom is -0.496 e. The van der Waals surface area contributed by atoms with Crippen LogP contribution in [0, 0.1) is 6.92 Å². The van der Waals surface area contributed by atoms with Crippen LogP contribution in [0.15, 0.2) is 81.9 Å². The SMILES string of the molecule is COc1cc2occ(-c3ccccc3)c2cc1/C(C)=C/C(=O)Nc1ccc(Br)c(C)c1. The van der Waals surface area contributed by atoms with Crippen LogP contribution in [0.4, 0.5) is 5.69 Å². The van der Waals surface area contributed by atoms with Crippen LogP contribution in [0.5, 0.6) is 5.75 Å². The Labute approximate surface area is 189 Å². The highest BCUT2D eigenvalue weighted by Crippen LogP contribution is 2.37. The number of ether oxygens (including phenoxy) is 1. The van der Waals surface area contributed by atoms with Crippen molar-refractivity contribution in [2.75, 3.05) is 12.4 Å². The number of halogens is 1. The van der Waals surface area contributed by atoms with Crippen molar-refractivity contribution in [3.8, 4) is 16.9 Å². The fraction of sp³-hybridized carbons (Fsp3) is 0.115. The van der Waals surface area contributed by atoms with Crippen LogP contribution in [-0.4, -0.2) is 13.0 Å². The first kappa shape index (κ1) is 20.9. The van der Waals surface area contributed by atoms with E-state index < -0.39 is 0 Å². The molecule has 0 spiro atoms. The lowest BCUT2D eigenvalue weighted by atomic mass is 9.99. The fourth-order valence-corrected chi connectivity index (χ4v) is 3.80. The fourth-order valence-electron chi connectivity index (χ4n) is 3.55. The summed E-state index contributed by atoms with van der Waals surface area (Å²) in [6.45, 7) is 3.88. The van der Waals surface area contributed by atoms with Gasteiger partial charge in [-0.05, 0) is 54.8 Å². The molecule has 1 aromatic heterocycles. The van der Waals surface area contributed by atoms with E-state index in [4.69, 9.17) is 9.15 Å². The Balaban J connectivity index is 1.69. The Morgan fingerprint density at radius 1 is 1.10 bits per heavy atom. The number of nitrogens with one attached hydrogen (secondary N) is 1. The summed E-state index contributed by atoms with van der Waals surface area (Å²) >= 11 is 3.48. The lowest BCUT2D eigenvalue weighted by molar-refractivity contribution is -0.111. The van der Waals surface area contributed by atoms with E-state index in [1.165, 1.54) is 0 Å². The molecule has 0 bridgehead atoms. The first-order valence-electron chi connectivity index (χ1n) is 9.86. The summed E-state index contributed by atoms with van der Waals surface area (Å²) in [4.78, 5) is 12.6. The monoisotopic (exact) mass is 475 g/mol. The number of allylic oxidation sites excluding steroid dienone is 1. The molecular formula is C26H22BrNO3. The van der Waals surface area contributed by atoms with Gasteiger partial charge in [0.15, 0.2) is 0 Å². The molecular weight excluding hydrogens is 454 g/mol. The minimum absolute atomic E-state index is 0.197. The van der Waals surface area contributed by atoms with Gasteiger partial charge in [0.2, 0.25) is 5.91 Å². The van der Waals surface area contributed by atoms with Crippen molar-refractivity contribution in [3.63, 3.8) is 0 Å². The van der Waals surface area contributed by atoms with E-state index in [9.17, 15) is 4.79 Å². The molecule has 0 atom stereocenters. The maximum absolute atomic E-state index is 12.6. The topological polar surface area (TPSA) is 51.5 Å². The highest BCUT2D eigenvalue weighted by Gasteiger charge is 2.15. The van der Waals surface area contributed by atoms with Crippen LogP contribution in [0.3, 0.4) is 0 Å². The van der Waals surface area contributed by atoms with Gasteiger partial charge in [-0.15, -0.1) is 0 Å². The van der Waals surface area contributed by atoms with Gasteiger partial charge in [0.25, 0.3) is 0 Å². The zero-order valence-corrected chi connectivity index (χ0v) is 19.1. The van der Waals surface area contributed by atoms with E-state index >= 15 is 0 Å². The Kier molecular flexibility index (Phi) is 5.96. The summed E-state index contributed by atoms with van der Waals surface area (Å²) in [6, 6.07) is 19.7. The molecule has 1 N–H and O–H groups in total. The third-order valence-corrected chi connectivity index (χ3v) is 6.07. The van der Waals surface area contributed by atoms with Gasteiger partial charge in [-0.25, -0.2) is 0 Å². The largest absolute Gasteiger partial charge is 0.496 e. The molecule has 0 fully saturated rings. The average Bonchev–Trinajstić information content (AvgIpc) is 3.18. The van der Waals surface area contributed by atoms with Crippen molar-refractivity contribution >= 4 is 44.1 Å². The lowest BCUT2D eigenvalue weighted by Gasteiger charge is -2.10. The molecule has 0 aliphatic carbocycles. The number of hydrogen-bond donors (Lipinski definition) is 1. The standard InChI is InChI=1S/C26H22BrNO3/c1-16(12-26(29)28-19-9-10-23(27)17(2)11-19)20-13-21-22(18-7-5-4-6-8-18)15-31-25(21)14-24(20)30-3/h4-15H,1-3H3,(H,28,29)/b16-12+. The van der Waals surface area contributed by atoms with Crippen molar-refractivity contribution in [1.82, 2.24) is 0 Å². The van der Waals surface area contributed by atoms with Crippen molar-refractivity contribution in [1.29, 1.82) is 0 Å². The van der Waals surface area contributed by atoms with Crippen LogP contribution in [0.1, 0.15) is 18.1 Å². The highest BCUT2D eigenvalue weighted by molar-refractivity contribution is 9.10. The summed E-state index contributed by atoms with van der Waals surface area (Å²) in [5.74, 6) is 0.458. The van der Waals surface area contributed by atoms with Gasteiger partial charge in [0.1, 0.15) is 11.3 Å².